The molecule has 0 radical (unpaired) electrons. The number of amides is 1. The lowest BCUT2D eigenvalue weighted by Gasteiger charge is -2.48. The van der Waals surface area contributed by atoms with Gasteiger partial charge in [-0.15, -0.1) is 0 Å². The molecule has 31 heavy (non-hydrogen) atoms. The van der Waals surface area contributed by atoms with Crippen molar-refractivity contribution in [2.24, 2.45) is 23.5 Å². The SMILES string of the molecule is CCC(=O)c1ccc(O)c2c1C[C@H]1C[C@H]3CC(O)C(C(N)=O)C(=O)[C@@]3(O)C(=O)C1=C2O. The summed E-state index contributed by atoms with van der Waals surface area (Å²) < 4.78 is 0. The van der Waals surface area contributed by atoms with Crippen molar-refractivity contribution in [2.75, 3.05) is 0 Å². The Morgan fingerprint density at radius 2 is 1.87 bits per heavy atom. The molecule has 2 unspecified atom stereocenters. The minimum atomic E-state index is -2.61. The number of Topliss-reactive ketones (excluding diaryl/α,β-unsaturated/α-hetero) is 3. The number of aromatic hydroxyl groups is 1. The summed E-state index contributed by atoms with van der Waals surface area (Å²) in [6.45, 7) is 1.68. The molecule has 2 fully saturated rings. The van der Waals surface area contributed by atoms with Crippen molar-refractivity contribution in [1.29, 1.82) is 0 Å². The summed E-state index contributed by atoms with van der Waals surface area (Å²) in [5, 5.41) is 42.7. The molecule has 0 heterocycles. The maximum Gasteiger partial charge on any atom is 0.230 e. The number of nitrogens with two attached hydrogens (primary N) is 1. The molecular weight excluding hydrogens is 406 g/mol. The Morgan fingerprint density at radius 1 is 1.19 bits per heavy atom. The van der Waals surface area contributed by atoms with Gasteiger partial charge in [-0.3, -0.25) is 19.2 Å². The molecule has 5 atom stereocenters. The Kier molecular flexibility index (Phi) is 4.79. The number of carbonyl (C=O) groups excluding carboxylic acids is 4. The number of rotatable bonds is 3. The van der Waals surface area contributed by atoms with Crippen molar-refractivity contribution < 1.29 is 39.6 Å². The Bertz CT molecular complexity index is 1070. The fraction of sp³-hybridized carbons (Fsp3) is 0.455. The zero-order chi connectivity index (χ0) is 22.8. The fourth-order valence-electron chi connectivity index (χ4n) is 5.38. The Balaban J connectivity index is 1.89. The Morgan fingerprint density at radius 3 is 2.48 bits per heavy atom. The molecule has 6 N–H and O–H groups in total. The minimum Gasteiger partial charge on any atom is -0.507 e. The molecule has 4 rings (SSSR count). The summed E-state index contributed by atoms with van der Waals surface area (Å²) in [5.41, 5.74) is 3.02. The number of phenols is 1. The van der Waals surface area contributed by atoms with Crippen LogP contribution in [-0.4, -0.2) is 55.4 Å². The predicted molar refractivity (Wildman–Crippen MR) is 106 cm³/mol. The van der Waals surface area contributed by atoms with E-state index in [9.17, 15) is 39.6 Å². The van der Waals surface area contributed by atoms with Crippen LogP contribution in [0.15, 0.2) is 17.7 Å². The van der Waals surface area contributed by atoms with Crippen LogP contribution in [0.5, 0.6) is 5.75 Å². The van der Waals surface area contributed by atoms with E-state index >= 15 is 0 Å². The molecule has 0 aliphatic heterocycles. The molecule has 3 aliphatic carbocycles. The standard InChI is InChI=1S/C22H23NO8/c1-2-12(24)10-3-4-13(25)16-11(10)6-8-5-9-7-14(26)17(21(23)30)20(29)22(9,31)19(28)15(8)18(16)27/h3-4,8-9,14,17,25-27,31H,2,5-7H2,1H3,(H2,23,30)/t8-,9+,14?,17?,22+/m1/s1. The lowest BCUT2D eigenvalue weighted by molar-refractivity contribution is -0.174. The lowest BCUT2D eigenvalue weighted by Crippen LogP contribution is -2.66. The molecule has 0 aromatic heterocycles. The smallest absolute Gasteiger partial charge is 0.230 e. The van der Waals surface area contributed by atoms with E-state index in [-0.39, 0.29) is 48.4 Å². The molecule has 1 aromatic carbocycles. The number of phenolic OH excluding ortho intramolecular Hbond substituents is 1. The van der Waals surface area contributed by atoms with Gasteiger partial charge >= 0.3 is 0 Å². The normalized spacial score (nSPS) is 32.2. The van der Waals surface area contributed by atoms with Gasteiger partial charge in [-0.1, -0.05) is 6.92 Å². The molecule has 164 valence electrons. The number of benzene rings is 1. The summed E-state index contributed by atoms with van der Waals surface area (Å²) >= 11 is 0. The number of primary amides is 1. The van der Waals surface area contributed by atoms with Gasteiger partial charge in [0.15, 0.2) is 17.2 Å². The summed E-state index contributed by atoms with van der Waals surface area (Å²) in [6.07, 6.45) is -1.23. The predicted octanol–water partition coefficient (Wildman–Crippen LogP) is 0.182. The van der Waals surface area contributed by atoms with Crippen LogP contribution in [-0.2, 0) is 20.8 Å². The van der Waals surface area contributed by atoms with Crippen LogP contribution >= 0.6 is 0 Å². The van der Waals surface area contributed by atoms with Crippen molar-refractivity contribution in [1.82, 2.24) is 0 Å². The first kappa shape index (κ1) is 21.2. The minimum absolute atomic E-state index is 0.0603. The molecule has 9 nitrogen and oxygen atoms in total. The molecule has 0 saturated heterocycles. The van der Waals surface area contributed by atoms with Gasteiger partial charge in [0.1, 0.15) is 17.4 Å². The molecular formula is C22H23NO8. The van der Waals surface area contributed by atoms with E-state index in [1.807, 2.05) is 0 Å². The highest BCUT2D eigenvalue weighted by atomic mass is 16.3. The first-order valence-electron chi connectivity index (χ1n) is 10.1. The van der Waals surface area contributed by atoms with E-state index in [2.05, 4.69) is 0 Å². The third-order valence-electron chi connectivity index (χ3n) is 6.89. The van der Waals surface area contributed by atoms with Crippen LogP contribution in [0.1, 0.15) is 47.7 Å². The molecule has 0 spiro atoms. The van der Waals surface area contributed by atoms with Crippen LogP contribution in [0, 0.1) is 17.8 Å². The Labute approximate surface area is 177 Å². The first-order valence-corrected chi connectivity index (χ1v) is 10.1. The molecule has 0 bridgehead atoms. The summed E-state index contributed by atoms with van der Waals surface area (Å²) in [6, 6.07) is 2.71. The maximum atomic E-state index is 13.3. The van der Waals surface area contributed by atoms with Gasteiger partial charge in [-0.05, 0) is 42.9 Å². The van der Waals surface area contributed by atoms with Gasteiger partial charge in [0.05, 0.1) is 11.7 Å². The second kappa shape index (κ2) is 7.00. The van der Waals surface area contributed by atoms with Gasteiger partial charge in [0, 0.05) is 23.5 Å². The van der Waals surface area contributed by atoms with Crippen molar-refractivity contribution in [3.8, 4) is 5.75 Å². The average molecular weight is 429 g/mol. The molecule has 1 aromatic rings. The number of ketones is 3. The van der Waals surface area contributed by atoms with E-state index < -0.39 is 52.7 Å². The maximum absolute atomic E-state index is 13.3. The van der Waals surface area contributed by atoms with Gasteiger partial charge in [-0.25, -0.2) is 0 Å². The Hall–Kier alpha value is -3.04. The van der Waals surface area contributed by atoms with E-state index in [4.69, 9.17) is 5.73 Å². The summed E-state index contributed by atoms with van der Waals surface area (Å²) in [5.74, 6) is -7.88. The number of hydrogen-bond acceptors (Lipinski definition) is 8. The largest absolute Gasteiger partial charge is 0.507 e. The number of aliphatic hydroxyl groups is 3. The van der Waals surface area contributed by atoms with Crippen LogP contribution in [0.2, 0.25) is 0 Å². The van der Waals surface area contributed by atoms with Gasteiger partial charge < -0.3 is 26.2 Å². The zero-order valence-corrected chi connectivity index (χ0v) is 16.8. The molecule has 3 aliphatic rings. The number of hydrogen-bond donors (Lipinski definition) is 5. The van der Waals surface area contributed by atoms with Gasteiger partial charge in [0.25, 0.3) is 0 Å². The second-order valence-electron chi connectivity index (χ2n) is 8.50. The molecule has 9 heteroatoms. The van der Waals surface area contributed by atoms with Crippen LogP contribution in [0.3, 0.4) is 0 Å². The average Bonchev–Trinajstić information content (AvgIpc) is 2.70. The monoisotopic (exact) mass is 429 g/mol. The van der Waals surface area contributed by atoms with Crippen molar-refractivity contribution in [2.45, 2.75) is 44.3 Å². The third kappa shape index (κ3) is 2.76. The van der Waals surface area contributed by atoms with E-state index in [0.29, 0.717) is 11.1 Å². The highest BCUT2D eigenvalue weighted by Crippen LogP contribution is 2.51. The molecule has 1 amide bonds. The summed E-state index contributed by atoms with van der Waals surface area (Å²) in [4.78, 5) is 50.3. The number of fused-ring (bicyclic) bond motifs is 3. The van der Waals surface area contributed by atoms with E-state index in [1.165, 1.54) is 12.1 Å². The van der Waals surface area contributed by atoms with Gasteiger partial charge in [-0.2, -0.15) is 0 Å². The van der Waals surface area contributed by atoms with Crippen LogP contribution in [0.4, 0.5) is 0 Å². The molecule has 2 saturated carbocycles. The first-order chi connectivity index (χ1) is 14.5. The highest BCUT2D eigenvalue weighted by molar-refractivity contribution is 6.24. The van der Waals surface area contributed by atoms with E-state index in [0.717, 1.165) is 0 Å². The van der Waals surface area contributed by atoms with Crippen molar-refractivity contribution in [3.63, 3.8) is 0 Å². The van der Waals surface area contributed by atoms with Crippen LogP contribution < -0.4 is 5.73 Å². The lowest BCUT2D eigenvalue weighted by atomic mass is 9.56. The number of aliphatic hydroxyl groups excluding tert-OH is 2. The van der Waals surface area contributed by atoms with Crippen molar-refractivity contribution in [3.05, 3.63) is 34.4 Å². The summed E-state index contributed by atoms with van der Waals surface area (Å²) in [7, 11) is 0. The second-order valence-corrected chi connectivity index (χ2v) is 8.50. The zero-order valence-electron chi connectivity index (χ0n) is 16.8. The van der Waals surface area contributed by atoms with Gasteiger partial charge in [0.2, 0.25) is 11.7 Å². The van der Waals surface area contributed by atoms with Crippen LogP contribution in [0.25, 0.3) is 5.76 Å². The fourth-order valence-corrected chi connectivity index (χ4v) is 5.38. The third-order valence-corrected chi connectivity index (χ3v) is 6.89. The number of carbonyl (C=O) groups is 4. The van der Waals surface area contributed by atoms with Crippen molar-refractivity contribution >= 4 is 29.0 Å². The quantitative estimate of drug-likeness (QED) is 0.334. The topological polar surface area (TPSA) is 175 Å². The van der Waals surface area contributed by atoms with E-state index in [1.54, 1.807) is 6.92 Å². The highest BCUT2D eigenvalue weighted by Gasteiger charge is 2.63.